The van der Waals surface area contributed by atoms with Crippen LogP contribution in [0.25, 0.3) is 0 Å². The number of carbonyl (C=O) groups excluding carboxylic acids is 1. The van der Waals surface area contributed by atoms with Crippen LogP contribution >= 0.6 is 23.2 Å². The summed E-state index contributed by atoms with van der Waals surface area (Å²) < 4.78 is 37.6. The van der Waals surface area contributed by atoms with Crippen molar-refractivity contribution >= 4 is 34.9 Å². The van der Waals surface area contributed by atoms with Crippen molar-refractivity contribution in [1.29, 1.82) is 0 Å². The lowest BCUT2D eigenvalue weighted by molar-refractivity contribution is -0.885. The zero-order valence-electron chi connectivity index (χ0n) is 13.1. The number of benzene rings is 1. The minimum atomic E-state index is -4.36. The first kappa shape index (κ1) is 19.5. The van der Waals surface area contributed by atoms with Crippen molar-refractivity contribution < 1.29 is 22.9 Å². The molecule has 0 aliphatic carbocycles. The normalized spacial score (nSPS) is 12.7. The topological polar surface area (TPSA) is 46.4 Å². The maximum Gasteiger partial charge on any atom is 0.416 e. The molecule has 0 spiro atoms. The van der Waals surface area contributed by atoms with Crippen LogP contribution in [0.3, 0.4) is 0 Å². The summed E-state index contributed by atoms with van der Waals surface area (Å²) in [4.78, 5) is 16.7. The monoisotopic (exact) mass is 392 g/mol. The van der Waals surface area contributed by atoms with Gasteiger partial charge in [0.05, 0.1) is 22.7 Å². The first-order valence-electron chi connectivity index (χ1n) is 7.23. The standard InChI is InChI=1S/C16H14Cl2F3N3O/c1-24(8-10-2-4-11(5-3-10)16(19,20)21)9-14(25)23-15-13(18)6-12(17)7-22-15/h2-7H,8-9H2,1H3,(H,22,23,25)/p+1. The second-order valence-corrected chi connectivity index (χ2v) is 6.38. The Hall–Kier alpha value is -1.83. The Bertz CT molecular complexity index is 751. The maximum atomic E-state index is 12.5. The van der Waals surface area contributed by atoms with Gasteiger partial charge in [-0.3, -0.25) is 4.79 Å². The molecule has 0 saturated carbocycles. The number of hydrogen-bond donors (Lipinski definition) is 2. The van der Waals surface area contributed by atoms with E-state index in [1.165, 1.54) is 24.4 Å². The fourth-order valence-corrected chi connectivity index (χ4v) is 2.61. The number of rotatable bonds is 5. The summed E-state index contributed by atoms with van der Waals surface area (Å²) >= 11 is 11.7. The van der Waals surface area contributed by atoms with Gasteiger partial charge in [-0.15, -0.1) is 0 Å². The molecule has 1 aromatic heterocycles. The van der Waals surface area contributed by atoms with Crippen molar-refractivity contribution in [2.75, 3.05) is 18.9 Å². The molecule has 9 heteroatoms. The van der Waals surface area contributed by atoms with Gasteiger partial charge in [-0.25, -0.2) is 4.98 Å². The van der Waals surface area contributed by atoms with E-state index in [2.05, 4.69) is 10.3 Å². The Labute approximate surface area is 152 Å². The minimum absolute atomic E-state index is 0.0989. The highest BCUT2D eigenvalue weighted by molar-refractivity contribution is 6.36. The molecule has 4 nitrogen and oxygen atoms in total. The van der Waals surface area contributed by atoms with Gasteiger partial charge in [0.15, 0.2) is 12.4 Å². The highest BCUT2D eigenvalue weighted by Crippen LogP contribution is 2.29. The fourth-order valence-electron chi connectivity index (χ4n) is 2.18. The van der Waals surface area contributed by atoms with Crippen LogP contribution in [-0.2, 0) is 17.5 Å². The van der Waals surface area contributed by atoms with Gasteiger partial charge < -0.3 is 10.2 Å². The first-order valence-corrected chi connectivity index (χ1v) is 7.99. The van der Waals surface area contributed by atoms with Crippen molar-refractivity contribution in [2.24, 2.45) is 0 Å². The van der Waals surface area contributed by atoms with Crippen molar-refractivity contribution in [3.05, 3.63) is 57.7 Å². The van der Waals surface area contributed by atoms with Gasteiger partial charge in [0, 0.05) is 11.8 Å². The molecule has 134 valence electrons. The molecular formula is C16H15Cl2F3N3O+. The molecule has 1 atom stereocenters. The summed E-state index contributed by atoms with van der Waals surface area (Å²) in [6, 6.07) is 6.33. The van der Waals surface area contributed by atoms with Gasteiger partial charge in [-0.05, 0) is 18.2 Å². The van der Waals surface area contributed by atoms with Crippen molar-refractivity contribution in [3.63, 3.8) is 0 Å². The largest absolute Gasteiger partial charge is 0.416 e. The third kappa shape index (κ3) is 5.88. The highest BCUT2D eigenvalue weighted by Gasteiger charge is 2.30. The van der Waals surface area contributed by atoms with E-state index in [0.29, 0.717) is 17.1 Å². The Morgan fingerprint density at radius 2 is 1.88 bits per heavy atom. The van der Waals surface area contributed by atoms with Crippen LogP contribution in [0.2, 0.25) is 10.0 Å². The van der Waals surface area contributed by atoms with E-state index in [1.807, 2.05) is 0 Å². The number of alkyl halides is 3. The van der Waals surface area contributed by atoms with Crippen molar-refractivity contribution in [1.82, 2.24) is 4.98 Å². The van der Waals surface area contributed by atoms with Crippen LogP contribution in [0.1, 0.15) is 11.1 Å². The molecule has 1 unspecified atom stereocenters. The quantitative estimate of drug-likeness (QED) is 0.821. The number of nitrogens with zero attached hydrogens (tertiary/aromatic N) is 1. The molecule has 2 aromatic rings. The molecule has 25 heavy (non-hydrogen) atoms. The second kappa shape index (κ2) is 8.03. The predicted molar refractivity (Wildman–Crippen MR) is 89.8 cm³/mol. The van der Waals surface area contributed by atoms with Crippen LogP contribution in [0, 0.1) is 0 Å². The number of hydrogen-bond acceptors (Lipinski definition) is 2. The number of pyridine rings is 1. The number of halogens is 5. The summed E-state index contributed by atoms with van der Waals surface area (Å²) in [5, 5.41) is 3.15. The minimum Gasteiger partial charge on any atom is -0.326 e. The Kier molecular flexibility index (Phi) is 6.26. The number of amides is 1. The van der Waals surface area contributed by atoms with Crippen molar-refractivity contribution in [3.8, 4) is 0 Å². The molecular weight excluding hydrogens is 378 g/mol. The summed E-state index contributed by atoms with van der Waals surface area (Å²) in [7, 11) is 1.76. The van der Waals surface area contributed by atoms with Gasteiger partial charge in [-0.2, -0.15) is 13.2 Å². The number of carbonyl (C=O) groups is 1. The lowest BCUT2D eigenvalue weighted by atomic mass is 10.1. The number of anilines is 1. The van der Waals surface area contributed by atoms with Gasteiger partial charge in [-0.1, -0.05) is 35.3 Å². The van der Waals surface area contributed by atoms with E-state index in [4.69, 9.17) is 23.2 Å². The van der Waals surface area contributed by atoms with E-state index >= 15 is 0 Å². The second-order valence-electron chi connectivity index (χ2n) is 5.54. The lowest BCUT2D eigenvalue weighted by Gasteiger charge is -2.14. The maximum absolute atomic E-state index is 12.5. The third-order valence-electron chi connectivity index (χ3n) is 3.32. The number of nitrogens with one attached hydrogen (secondary N) is 2. The van der Waals surface area contributed by atoms with Gasteiger partial charge in [0.2, 0.25) is 0 Å². The van der Waals surface area contributed by atoms with E-state index in [1.54, 1.807) is 7.05 Å². The average molecular weight is 393 g/mol. The molecule has 0 aliphatic heterocycles. The number of likely N-dealkylation sites (N-methyl/N-ethyl adjacent to an activating group) is 1. The highest BCUT2D eigenvalue weighted by atomic mass is 35.5. The summed E-state index contributed by atoms with van der Waals surface area (Å²) in [5.74, 6) is -0.112. The zero-order chi connectivity index (χ0) is 18.6. The van der Waals surface area contributed by atoms with E-state index in [-0.39, 0.29) is 23.3 Å². The van der Waals surface area contributed by atoms with Crippen LogP contribution in [-0.4, -0.2) is 24.5 Å². The average Bonchev–Trinajstić information content (AvgIpc) is 2.49. The Morgan fingerprint density at radius 3 is 2.44 bits per heavy atom. The van der Waals surface area contributed by atoms with Crippen molar-refractivity contribution in [2.45, 2.75) is 12.7 Å². The first-order chi connectivity index (χ1) is 11.6. The van der Waals surface area contributed by atoms with Gasteiger partial charge in [0.25, 0.3) is 5.91 Å². The molecule has 0 radical (unpaired) electrons. The van der Waals surface area contributed by atoms with Crippen LogP contribution in [0.5, 0.6) is 0 Å². The van der Waals surface area contributed by atoms with Crippen LogP contribution in [0.15, 0.2) is 36.5 Å². The lowest BCUT2D eigenvalue weighted by Crippen LogP contribution is -3.08. The van der Waals surface area contributed by atoms with Gasteiger partial charge >= 0.3 is 6.18 Å². The van der Waals surface area contributed by atoms with E-state index in [0.717, 1.165) is 17.0 Å². The molecule has 1 amide bonds. The molecule has 2 N–H and O–H groups in total. The molecule has 1 heterocycles. The Balaban J connectivity index is 1.91. The molecule has 0 bridgehead atoms. The van der Waals surface area contributed by atoms with E-state index in [9.17, 15) is 18.0 Å². The summed E-state index contributed by atoms with van der Waals surface area (Å²) in [5.41, 5.74) is -0.00366. The van der Waals surface area contributed by atoms with Gasteiger partial charge in [0.1, 0.15) is 6.54 Å². The molecule has 1 aromatic carbocycles. The SMILES string of the molecule is C[NH+](CC(=O)Nc1ncc(Cl)cc1Cl)Cc1ccc(C(F)(F)F)cc1. The molecule has 0 aliphatic rings. The number of quaternary nitrogens is 1. The van der Waals surface area contributed by atoms with Crippen LogP contribution < -0.4 is 10.2 Å². The molecule has 2 rings (SSSR count). The fraction of sp³-hybridized carbons (Fsp3) is 0.250. The summed E-state index contributed by atoms with van der Waals surface area (Å²) in [6.07, 6.45) is -3.00. The molecule has 0 saturated heterocycles. The Morgan fingerprint density at radius 1 is 1.24 bits per heavy atom. The molecule has 0 fully saturated rings. The smallest absolute Gasteiger partial charge is 0.326 e. The third-order valence-corrected chi connectivity index (χ3v) is 3.81. The van der Waals surface area contributed by atoms with Crippen LogP contribution in [0.4, 0.5) is 19.0 Å². The van der Waals surface area contributed by atoms with E-state index < -0.39 is 11.7 Å². The summed E-state index contributed by atoms with van der Waals surface area (Å²) in [6.45, 7) is 0.495. The number of aromatic nitrogens is 1. The predicted octanol–water partition coefficient (Wildman–Crippen LogP) is 3.06. The zero-order valence-corrected chi connectivity index (χ0v) is 14.6.